The largest absolute Gasteiger partial charge is 0.300 e. The third kappa shape index (κ3) is 6.68. The summed E-state index contributed by atoms with van der Waals surface area (Å²) < 4.78 is 0. The van der Waals surface area contributed by atoms with Crippen LogP contribution in [-0.2, 0) is 14.4 Å². The van der Waals surface area contributed by atoms with Crippen LogP contribution in [0.2, 0.25) is 0 Å². The monoisotopic (exact) mass is 154 g/mol. The molecule has 0 radical (unpaired) electrons. The highest BCUT2D eigenvalue weighted by Gasteiger charge is 2.00. The summed E-state index contributed by atoms with van der Waals surface area (Å²) in [6, 6.07) is 0. The van der Waals surface area contributed by atoms with E-state index in [1.807, 2.05) is 0 Å². The van der Waals surface area contributed by atoms with E-state index in [0.717, 1.165) is 6.08 Å². The van der Waals surface area contributed by atoms with Gasteiger partial charge in [-0.25, -0.2) is 4.79 Å². The third-order valence-electron chi connectivity index (χ3n) is 1.17. The molecule has 0 aromatic carbocycles. The number of hydrogen-bond acceptors (Lipinski definition) is 3. The van der Waals surface area contributed by atoms with Gasteiger partial charge in [0.05, 0.1) is 0 Å². The second-order valence-electron chi connectivity index (χ2n) is 2.27. The van der Waals surface area contributed by atoms with E-state index in [0.29, 0.717) is 0 Å². The van der Waals surface area contributed by atoms with Crippen LogP contribution in [0.25, 0.3) is 0 Å². The molecule has 0 atom stereocenters. The molecule has 3 nitrogen and oxygen atoms in total. The topological polar surface area (TPSA) is 51.2 Å². The van der Waals surface area contributed by atoms with E-state index in [4.69, 9.17) is 0 Å². The maximum absolute atomic E-state index is 10.7. The fourth-order valence-corrected chi connectivity index (χ4v) is 0.573. The van der Waals surface area contributed by atoms with Gasteiger partial charge in [0.2, 0.25) is 0 Å². The Morgan fingerprint density at radius 1 is 1.36 bits per heavy atom. The van der Waals surface area contributed by atoms with Crippen LogP contribution in [0, 0.1) is 0 Å². The molecule has 3 heteroatoms. The molecule has 0 bridgehead atoms. The Labute approximate surface area is 65.1 Å². The number of allylic oxidation sites excluding steroid dienone is 1. The van der Waals surface area contributed by atoms with Crippen molar-refractivity contribution in [3.05, 3.63) is 6.08 Å². The summed E-state index contributed by atoms with van der Waals surface area (Å²) in [4.78, 5) is 30.8. The molecular weight excluding hydrogens is 144 g/mol. The Hall–Kier alpha value is -1.21. The van der Waals surface area contributed by atoms with Crippen LogP contribution in [0.3, 0.4) is 0 Å². The van der Waals surface area contributed by atoms with Crippen molar-refractivity contribution in [1.82, 2.24) is 0 Å². The molecule has 11 heavy (non-hydrogen) atoms. The van der Waals surface area contributed by atoms with Crippen LogP contribution in [0.15, 0.2) is 6.08 Å². The van der Waals surface area contributed by atoms with E-state index < -0.39 is 0 Å². The van der Waals surface area contributed by atoms with Crippen LogP contribution >= 0.6 is 0 Å². The zero-order valence-electron chi connectivity index (χ0n) is 6.42. The summed E-state index contributed by atoms with van der Waals surface area (Å²) >= 11 is 0. The van der Waals surface area contributed by atoms with Crippen LogP contribution in [0.1, 0.15) is 26.2 Å². The number of hydrogen-bond donors (Lipinski definition) is 0. The highest BCUT2D eigenvalue weighted by molar-refractivity contribution is 5.86. The Balaban J connectivity index is 3.53. The molecule has 0 heterocycles. The molecule has 0 fully saturated rings. The van der Waals surface area contributed by atoms with Crippen molar-refractivity contribution < 1.29 is 14.4 Å². The molecule has 0 aliphatic heterocycles. The van der Waals surface area contributed by atoms with Gasteiger partial charge in [0.25, 0.3) is 0 Å². The van der Waals surface area contributed by atoms with E-state index in [1.54, 1.807) is 0 Å². The summed E-state index contributed by atoms with van der Waals surface area (Å²) in [5.41, 5.74) is 0. The van der Waals surface area contributed by atoms with Gasteiger partial charge in [0, 0.05) is 25.3 Å². The van der Waals surface area contributed by atoms with Crippen molar-refractivity contribution in [2.45, 2.75) is 26.2 Å². The van der Waals surface area contributed by atoms with Crippen LogP contribution in [-0.4, -0.2) is 17.5 Å². The lowest BCUT2D eigenvalue weighted by atomic mass is 10.1. The molecular formula is C8H10O3. The molecule has 0 saturated carbocycles. The molecule has 60 valence electrons. The van der Waals surface area contributed by atoms with Crippen molar-refractivity contribution in [1.29, 1.82) is 0 Å². The molecule has 0 aliphatic rings. The summed E-state index contributed by atoms with van der Waals surface area (Å²) in [6.07, 6.45) is 1.72. The molecule has 0 aromatic heterocycles. The Kier molecular flexibility index (Phi) is 4.95. The van der Waals surface area contributed by atoms with Gasteiger partial charge in [-0.05, 0) is 6.92 Å². The molecule has 0 spiro atoms. The van der Waals surface area contributed by atoms with E-state index in [1.165, 1.54) is 12.9 Å². The second-order valence-corrected chi connectivity index (χ2v) is 2.27. The Morgan fingerprint density at radius 2 is 2.00 bits per heavy atom. The standard InChI is InChI=1S/C8H10O3/c1-7(10)4-5-8(11)3-2-6-9/h2H,3-5H2,1H3. The highest BCUT2D eigenvalue weighted by atomic mass is 16.1. The smallest absolute Gasteiger partial charge is 0.137 e. The molecule has 0 aromatic rings. The number of Topliss-reactive ketones (excluding diaryl/α,β-unsaturated/α-hetero) is 2. The van der Waals surface area contributed by atoms with Crippen molar-refractivity contribution in [2.75, 3.05) is 0 Å². The minimum atomic E-state index is -0.0939. The van der Waals surface area contributed by atoms with Gasteiger partial charge in [-0.3, -0.25) is 4.79 Å². The fraction of sp³-hybridized carbons (Fsp3) is 0.500. The summed E-state index contributed by atoms with van der Waals surface area (Å²) in [5.74, 6) is 1.41. The first-order valence-electron chi connectivity index (χ1n) is 3.37. The van der Waals surface area contributed by atoms with Gasteiger partial charge in [-0.2, -0.15) is 0 Å². The number of carbonyl (C=O) groups excluding carboxylic acids is 3. The number of carbonyl (C=O) groups is 2. The van der Waals surface area contributed by atoms with Gasteiger partial charge < -0.3 is 4.79 Å². The quantitative estimate of drug-likeness (QED) is 0.548. The maximum Gasteiger partial charge on any atom is 0.137 e. The lowest BCUT2D eigenvalue weighted by molar-refractivity contribution is -0.122. The van der Waals surface area contributed by atoms with Crippen LogP contribution in [0.5, 0.6) is 0 Å². The lowest BCUT2D eigenvalue weighted by Gasteiger charge is -1.91. The molecule has 0 aliphatic carbocycles. The average Bonchev–Trinajstić information content (AvgIpc) is 1.97. The van der Waals surface area contributed by atoms with E-state index in [9.17, 15) is 14.4 Å². The van der Waals surface area contributed by atoms with Gasteiger partial charge in [-0.15, -0.1) is 0 Å². The highest BCUT2D eigenvalue weighted by Crippen LogP contribution is 1.95. The maximum atomic E-state index is 10.7. The zero-order valence-corrected chi connectivity index (χ0v) is 6.42. The van der Waals surface area contributed by atoms with Gasteiger partial charge in [-0.1, -0.05) is 0 Å². The van der Waals surface area contributed by atoms with Crippen molar-refractivity contribution in [2.24, 2.45) is 0 Å². The normalized spacial score (nSPS) is 8.45. The van der Waals surface area contributed by atoms with Gasteiger partial charge >= 0.3 is 0 Å². The molecule has 0 unspecified atom stereocenters. The molecule has 0 rings (SSSR count). The summed E-state index contributed by atoms with van der Waals surface area (Å²) in [7, 11) is 0. The van der Waals surface area contributed by atoms with Crippen LogP contribution < -0.4 is 0 Å². The van der Waals surface area contributed by atoms with E-state index in [2.05, 4.69) is 0 Å². The minimum Gasteiger partial charge on any atom is -0.300 e. The third-order valence-corrected chi connectivity index (χ3v) is 1.17. The molecule has 0 amide bonds. The van der Waals surface area contributed by atoms with E-state index in [-0.39, 0.29) is 30.8 Å². The molecule has 0 saturated heterocycles. The van der Waals surface area contributed by atoms with Crippen molar-refractivity contribution >= 4 is 17.5 Å². The fourth-order valence-electron chi connectivity index (χ4n) is 0.573. The first-order valence-corrected chi connectivity index (χ1v) is 3.37. The van der Waals surface area contributed by atoms with Crippen molar-refractivity contribution in [3.8, 4) is 0 Å². The first-order chi connectivity index (χ1) is 5.16. The summed E-state index contributed by atoms with van der Waals surface area (Å²) in [6.45, 7) is 1.43. The Morgan fingerprint density at radius 3 is 2.45 bits per heavy atom. The van der Waals surface area contributed by atoms with Gasteiger partial charge in [0.15, 0.2) is 0 Å². The Bertz CT molecular complexity index is 199. The molecule has 0 N–H and O–H groups in total. The van der Waals surface area contributed by atoms with Crippen LogP contribution in [0.4, 0.5) is 0 Å². The first kappa shape index (κ1) is 9.79. The average molecular weight is 154 g/mol. The van der Waals surface area contributed by atoms with Gasteiger partial charge in [0.1, 0.15) is 17.5 Å². The number of rotatable bonds is 5. The summed E-state index contributed by atoms with van der Waals surface area (Å²) in [5, 5.41) is 0. The predicted molar refractivity (Wildman–Crippen MR) is 39.8 cm³/mol. The minimum absolute atomic E-state index is 0.00608. The SMILES string of the molecule is CC(=O)CCC(=O)CC=C=O. The second kappa shape index (κ2) is 5.57. The number of ketones is 2. The van der Waals surface area contributed by atoms with E-state index >= 15 is 0 Å². The lowest BCUT2D eigenvalue weighted by Crippen LogP contribution is -1.99. The predicted octanol–water partition coefficient (Wildman–Crippen LogP) is 0.703. The zero-order chi connectivity index (χ0) is 8.69. The van der Waals surface area contributed by atoms with Crippen molar-refractivity contribution in [3.63, 3.8) is 0 Å².